The zero-order chi connectivity index (χ0) is 26.2. The molecule has 7 nitrogen and oxygen atoms in total. The van der Waals surface area contributed by atoms with Crippen LogP contribution >= 0.6 is 34.8 Å². The predicted octanol–water partition coefficient (Wildman–Crippen LogP) is 5.17. The third kappa shape index (κ3) is 8.76. The highest BCUT2D eigenvalue weighted by atomic mass is 35.5. The highest BCUT2D eigenvalue weighted by molar-refractivity contribution is 6.37. The lowest BCUT2D eigenvalue weighted by Crippen LogP contribution is -2.29. The normalized spacial score (nSPS) is 13.0. The molecule has 1 N–H and O–H groups in total. The number of alkyl halides is 1. The number of carbonyl (C=O) groups is 2. The van der Waals surface area contributed by atoms with E-state index in [0.717, 1.165) is 11.1 Å². The summed E-state index contributed by atoms with van der Waals surface area (Å²) in [6, 6.07) is 11.0. The van der Waals surface area contributed by atoms with Gasteiger partial charge in [-0.3, -0.25) is 9.59 Å². The average molecular weight is 548 g/mol. The van der Waals surface area contributed by atoms with Gasteiger partial charge in [0.1, 0.15) is 31.7 Å². The Hall–Kier alpha value is -2.19. The van der Waals surface area contributed by atoms with E-state index in [0.29, 0.717) is 15.8 Å². The van der Waals surface area contributed by atoms with Crippen LogP contribution in [0.4, 0.5) is 0 Å². The van der Waals surface area contributed by atoms with E-state index in [1.165, 1.54) is 13.8 Å². The fourth-order valence-corrected chi connectivity index (χ4v) is 3.85. The maximum Gasteiger partial charge on any atom is 0.303 e. The van der Waals surface area contributed by atoms with E-state index >= 15 is 0 Å². The molecule has 0 fully saturated rings. The lowest BCUT2D eigenvalue weighted by atomic mass is 9.78. The van der Waals surface area contributed by atoms with E-state index in [4.69, 9.17) is 53.8 Å². The summed E-state index contributed by atoms with van der Waals surface area (Å²) in [5.74, 6) is -0.0799. The first-order valence-electron chi connectivity index (χ1n) is 10.8. The third-order valence-electron chi connectivity index (χ3n) is 5.14. The van der Waals surface area contributed by atoms with Crippen molar-refractivity contribution in [2.75, 3.05) is 25.7 Å². The number of hydrogen-bond acceptors (Lipinski definition) is 7. The zero-order valence-corrected chi connectivity index (χ0v) is 22.2. The quantitative estimate of drug-likeness (QED) is 0.289. The van der Waals surface area contributed by atoms with Crippen molar-refractivity contribution < 1.29 is 33.6 Å². The molecule has 192 valence electrons. The van der Waals surface area contributed by atoms with Crippen molar-refractivity contribution in [3.8, 4) is 11.5 Å². The third-order valence-corrected chi connectivity index (χ3v) is 6.05. The van der Waals surface area contributed by atoms with E-state index in [1.54, 1.807) is 24.3 Å². The molecule has 35 heavy (non-hydrogen) atoms. The number of hydrogen-bond donors (Lipinski definition) is 1. The van der Waals surface area contributed by atoms with Crippen molar-refractivity contribution in [3.05, 3.63) is 57.6 Å². The molecule has 2 aromatic rings. The van der Waals surface area contributed by atoms with Gasteiger partial charge in [-0.15, -0.1) is 11.6 Å². The number of halogens is 3. The summed E-state index contributed by atoms with van der Waals surface area (Å²) >= 11 is 18.4. The lowest BCUT2D eigenvalue weighted by molar-refractivity contribution is -0.158. The van der Waals surface area contributed by atoms with Crippen LogP contribution < -0.4 is 9.47 Å². The van der Waals surface area contributed by atoms with Crippen LogP contribution in [0.25, 0.3) is 0 Å². The first-order chi connectivity index (χ1) is 16.4. The monoisotopic (exact) mass is 546 g/mol. The fraction of sp³-hybridized carbons (Fsp3) is 0.440. The Morgan fingerprint density at radius 1 is 0.914 bits per heavy atom. The van der Waals surface area contributed by atoms with Crippen molar-refractivity contribution >= 4 is 46.7 Å². The molecule has 0 aliphatic heterocycles. The highest BCUT2D eigenvalue weighted by Gasteiger charge is 2.26. The Labute approximate surface area is 220 Å². The van der Waals surface area contributed by atoms with Gasteiger partial charge >= 0.3 is 11.9 Å². The number of carbonyl (C=O) groups excluding carboxylic acids is 2. The van der Waals surface area contributed by atoms with E-state index in [9.17, 15) is 14.7 Å². The molecule has 10 heteroatoms. The van der Waals surface area contributed by atoms with Gasteiger partial charge in [0.2, 0.25) is 0 Å². The number of aliphatic hydroxyl groups is 1. The minimum atomic E-state index is -0.827. The van der Waals surface area contributed by atoms with Crippen molar-refractivity contribution in [3.63, 3.8) is 0 Å². The van der Waals surface area contributed by atoms with Gasteiger partial charge in [-0.2, -0.15) is 0 Å². The van der Waals surface area contributed by atoms with Gasteiger partial charge in [0, 0.05) is 19.3 Å². The molecule has 0 heterocycles. The van der Waals surface area contributed by atoms with E-state index in [-0.39, 0.29) is 31.5 Å². The van der Waals surface area contributed by atoms with Crippen molar-refractivity contribution in [2.24, 2.45) is 0 Å². The molecule has 0 aliphatic carbocycles. The Bertz CT molecular complexity index is 986. The molecule has 0 saturated carbocycles. The maximum atomic E-state index is 11.3. The molecule has 0 aliphatic rings. The maximum absolute atomic E-state index is 11.3. The molecule has 0 amide bonds. The molecule has 0 bridgehead atoms. The minimum Gasteiger partial charge on any atom is -0.490 e. The summed E-state index contributed by atoms with van der Waals surface area (Å²) in [6.45, 7) is 6.52. The molecule has 0 radical (unpaired) electrons. The number of rotatable bonds is 12. The lowest BCUT2D eigenvalue weighted by Gasteiger charge is -2.27. The van der Waals surface area contributed by atoms with E-state index < -0.39 is 29.6 Å². The molecule has 0 spiro atoms. The number of benzene rings is 2. The molecule has 2 aromatic carbocycles. The Morgan fingerprint density at radius 2 is 1.51 bits per heavy atom. The largest absolute Gasteiger partial charge is 0.490 e. The van der Waals surface area contributed by atoms with Crippen LogP contribution in [0.5, 0.6) is 11.5 Å². The van der Waals surface area contributed by atoms with E-state index in [2.05, 4.69) is 0 Å². The van der Waals surface area contributed by atoms with Gasteiger partial charge in [0.05, 0.1) is 15.9 Å². The standard InChI is InChI=1S/C25H29Cl3O7/c1-15(29)32-13-21(35-16(2)30)14-33-20-7-5-17(6-8-20)25(3,4)18-9-22(27)24(23(28)10-18)34-12-19(31)11-26/h5-10,19,21,31H,11-14H2,1-4H3/t19-,21-/m1/s1. The smallest absolute Gasteiger partial charge is 0.303 e. The van der Waals surface area contributed by atoms with Gasteiger partial charge in [-0.1, -0.05) is 49.2 Å². The van der Waals surface area contributed by atoms with Crippen molar-refractivity contribution in [1.82, 2.24) is 0 Å². The highest BCUT2D eigenvalue weighted by Crippen LogP contribution is 2.40. The summed E-state index contributed by atoms with van der Waals surface area (Å²) in [4.78, 5) is 22.3. The zero-order valence-electron chi connectivity index (χ0n) is 20.0. The van der Waals surface area contributed by atoms with Crippen LogP contribution in [0.2, 0.25) is 10.0 Å². The van der Waals surface area contributed by atoms with Crippen LogP contribution in [0.3, 0.4) is 0 Å². The van der Waals surface area contributed by atoms with Crippen LogP contribution in [-0.4, -0.2) is 55.0 Å². The molecular formula is C25H29Cl3O7. The topological polar surface area (TPSA) is 91.3 Å². The van der Waals surface area contributed by atoms with Crippen LogP contribution in [0.15, 0.2) is 36.4 Å². The molecule has 0 saturated heterocycles. The van der Waals surface area contributed by atoms with Crippen LogP contribution in [-0.2, 0) is 24.5 Å². The molecule has 2 rings (SSSR count). The van der Waals surface area contributed by atoms with Gasteiger partial charge in [0.15, 0.2) is 11.9 Å². The predicted molar refractivity (Wildman–Crippen MR) is 135 cm³/mol. The number of ether oxygens (including phenoxy) is 4. The first kappa shape index (κ1) is 29.0. The molecule has 2 atom stereocenters. The molecule has 0 aromatic heterocycles. The Kier molecular flexibility index (Phi) is 11.0. The Balaban J connectivity index is 2.12. The van der Waals surface area contributed by atoms with Gasteiger partial charge in [0.25, 0.3) is 0 Å². The Morgan fingerprint density at radius 3 is 2.03 bits per heavy atom. The summed E-state index contributed by atoms with van der Waals surface area (Å²) in [6.07, 6.45) is -1.55. The minimum absolute atomic E-state index is 0.0215. The summed E-state index contributed by atoms with van der Waals surface area (Å²) in [5, 5.41) is 10.3. The van der Waals surface area contributed by atoms with Gasteiger partial charge in [-0.25, -0.2) is 0 Å². The second kappa shape index (κ2) is 13.2. The second-order valence-electron chi connectivity index (χ2n) is 8.38. The second-order valence-corrected chi connectivity index (χ2v) is 9.51. The summed E-state index contributed by atoms with van der Waals surface area (Å²) in [5.41, 5.74) is 1.37. The molecular weight excluding hydrogens is 519 g/mol. The fourth-order valence-electron chi connectivity index (χ4n) is 3.17. The number of esters is 2. The van der Waals surface area contributed by atoms with Crippen LogP contribution in [0, 0.1) is 0 Å². The average Bonchev–Trinajstić information content (AvgIpc) is 2.79. The van der Waals surface area contributed by atoms with Crippen molar-refractivity contribution in [2.45, 2.75) is 45.3 Å². The molecule has 0 unspecified atom stereocenters. The van der Waals surface area contributed by atoms with E-state index in [1.807, 2.05) is 26.0 Å². The van der Waals surface area contributed by atoms with Gasteiger partial charge in [-0.05, 0) is 35.4 Å². The summed E-state index contributed by atoms with van der Waals surface area (Å²) < 4.78 is 21.3. The number of aliphatic hydroxyl groups excluding tert-OH is 1. The van der Waals surface area contributed by atoms with Gasteiger partial charge < -0.3 is 24.1 Å². The van der Waals surface area contributed by atoms with Crippen molar-refractivity contribution in [1.29, 1.82) is 0 Å². The SMILES string of the molecule is CC(=O)OC[C@H](COc1ccc(C(C)(C)c2cc(Cl)c(OC[C@H](O)CCl)c(Cl)c2)cc1)OC(C)=O. The summed E-state index contributed by atoms with van der Waals surface area (Å²) in [7, 11) is 0. The van der Waals surface area contributed by atoms with Crippen LogP contribution in [0.1, 0.15) is 38.8 Å². The first-order valence-corrected chi connectivity index (χ1v) is 12.1.